The van der Waals surface area contributed by atoms with Crippen LogP contribution in [0.2, 0.25) is 0 Å². The van der Waals surface area contributed by atoms with Gasteiger partial charge in [-0.2, -0.15) is 0 Å². The molecular weight excluding hydrogens is 307 g/mol. The number of rotatable bonds is 2. The Morgan fingerprint density at radius 3 is 2.08 bits per heavy atom. The summed E-state index contributed by atoms with van der Waals surface area (Å²) < 4.78 is 5.62. The number of allylic oxidation sites excluding steroid dienone is 9. The van der Waals surface area contributed by atoms with Crippen LogP contribution in [0, 0.1) is 29.6 Å². The highest BCUT2D eigenvalue weighted by atomic mass is 16.5. The molecule has 0 amide bonds. The summed E-state index contributed by atoms with van der Waals surface area (Å²) in [6.45, 7) is 0. The quantitative estimate of drug-likeness (QED) is 0.838. The zero-order chi connectivity index (χ0) is 16.8. The normalized spacial score (nSPS) is 36.6. The van der Waals surface area contributed by atoms with Crippen molar-refractivity contribution in [2.45, 2.75) is 5.92 Å². The van der Waals surface area contributed by atoms with Gasteiger partial charge >= 0.3 is 7.69 Å². The third-order valence-electron chi connectivity index (χ3n) is 6.31. The van der Waals surface area contributed by atoms with Gasteiger partial charge in [0.05, 0.1) is 0 Å². The number of benzene rings is 1. The Balaban J connectivity index is 1.69. The molecule has 0 saturated heterocycles. The molecule has 0 spiro atoms. The van der Waals surface area contributed by atoms with Crippen molar-refractivity contribution >= 4 is 13.4 Å². The van der Waals surface area contributed by atoms with Gasteiger partial charge in [0.15, 0.2) is 0 Å². The van der Waals surface area contributed by atoms with Gasteiger partial charge in [-0.05, 0) is 47.1 Å². The Hall–Kier alpha value is -2.26. The molecule has 1 fully saturated rings. The van der Waals surface area contributed by atoms with Crippen LogP contribution in [0.1, 0.15) is 17.0 Å². The minimum Gasteiger partial charge on any atom is -0.539 e. The summed E-state index contributed by atoms with van der Waals surface area (Å²) in [5.74, 6) is 3.70. The van der Waals surface area contributed by atoms with E-state index in [4.69, 9.17) is 4.65 Å². The summed E-state index contributed by atoms with van der Waals surface area (Å²) in [5.41, 5.74) is 2.49. The highest BCUT2D eigenvalue weighted by Gasteiger charge is 2.49. The molecule has 6 atom stereocenters. The third kappa shape index (κ3) is 2.22. The Morgan fingerprint density at radius 1 is 0.760 bits per heavy atom. The average Bonchev–Trinajstić information content (AvgIpc) is 2.68. The Bertz CT molecular complexity index is 832. The van der Waals surface area contributed by atoms with Crippen molar-refractivity contribution in [2.24, 2.45) is 29.6 Å². The lowest BCUT2D eigenvalue weighted by molar-refractivity contribution is 0.135. The van der Waals surface area contributed by atoms with E-state index in [-0.39, 0.29) is 7.69 Å². The van der Waals surface area contributed by atoms with E-state index in [2.05, 4.69) is 78.9 Å². The Morgan fingerprint density at radius 2 is 1.36 bits per heavy atom. The first kappa shape index (κ1) is 15.0. The predicted octanol–water partition coefficient (Wildman–Crippen LogP) is 3.75. The van der Waals surface area contributed by atoms with E-state index >= 15 is 0 Å². The smallest absolute Gasteiger partial charge is 0.504 e. The molecule has 0 aliphatic heterocycles. The second-order valence-corrected chi connectivity index (χ2v) is 7.34. The molecule has 0 bridgehead atoms. The standard InChI is InChI=1S/C22H21BO2/c24-23-25-21-13-20-16-9-2-1-7-14(16)15-8-3-5-11-18(15)22(20)19-12-6-4-10-17(19)21/h1-16,18,20,22-24H. The third-order valence-corrected chi connectivity index (χ3v) is 6.31. The molecule has 1 aromatic carbocycles. The maximum Gasteiger partial charge on any atom is 0.504 e. The molecule has 3 heteroatoms. The monoisotopic (exact) mass is 328 g/mol. The van der Waals surface area contributed by atoms with Crippen molar-refractivity contribution in [1.29, 1.82) is 0 Å². The van der Waals surface area contributed by atoms with Crippen molar-refractivity contribution in [3.8, 4) is 0 Å². The van der Waals surface area contributed by atoms with Gasteiger partial charge in [0.25, 0.3) is 0 Å². The summed E-state index contributed by atoms with van der Waals surface area (Å²) in [4.78, 5) is 0. The first-order valence-electron chi connectivity index (χ1n) is 9.13. The van der Waals surface area contributed by atoms with Crippen LogP contribution in [0.15, 0.2) is 78.9 Å². The van der Waals surface area contributed by atoms with Gasteiger partial charge in [-0.3, -0.25) is 0 Å². The molecule has 1 N–H and O–H groups in total. The summed E-state index contributed by atoms with van der Waals surface area (Å²) in [7, 11) is -0.282. The van der Waals surface area contributed by atoms with Crippen LogP contribution in [0.25, 0.3) is 5.76 Å². The topological polar surface area (TPSA) is 29.5 Å². The highest BCUT2D eigenvalue weighted by molar-refractivity contribution is 6.18. The molecule has 0 heterocycles. The molecule has 25 heavy (non-hydrogen) atoms. The van der Waals surface area contributed by atoms with Crippen LogP contribution >= 0.6 is 0 Å². The lowest BCUT2D eigenvalue weighted by Crippen LogP contribution is -2.44. The first-order valence-corrected chi connectivity index (χ1v) is 9.13. The number of hydrogen-bond donors (Lipinski definition) is 1. The summed E-state index contributed by atoms with van der Waals surface area (Å²) in [6, 6.07) is 8.54. The van der Waals surface area contributed by atoms with Gasteiger partial charge in [0.1, 0.15) is 5.76 Å². The SMILES string of the molecule is OBOC1=CC2C3C=CC=CC3C3C=CC=CC3C2c2ccccc21. The van der Waals surface area contributed by atoms with Crippen LogP contribution in [-0.4, -0.2) is 12.7 Å². The molecule has 6 unspecified atom stereocenters. The van der Waals surface area contributed by atoms with Gasteiger partial charge in [-0.25, -0.2) is 0 Å². The molecule has 1 saturated carbocycles. The van der Waals surface area contributed by atoms with Gasteiger partial charge in [-0.1, -0.05) is 72.9 Å². The molecule has 1 aromatic rings. The summed E-state index contributed by atoms with van der Waals surface area (Å²) in [5, 5.41) is 9.35. The van der Waals surface area contributed by atoms with Crippen LogP contribution in [-0.2, 0) is 4.65 Å². The van der Waals surface area contributed by atoms with E-state index in [0.717, 1.165) is 11.3 Å². The van der Waals surface area contributed by atoms with E-state index in [1.54, 1.807) is 0 Å². The first-order chi connectivity index (χ1) is 12.4. The van der Waals surface area contributed by atoms with E-state index in [1.807, 2.05) is 0 Å². The highest BCUT2D eigenvalue weighted by Crippen LogP contribution is 2.57. The number of hydrogen-bond acceptors (Lipinski definition) is 2. The minimum atomic E-state index is -0.282. The van der Waals surface area contributed by atoms with E-state index in [0.29, 0.717) is 35.5 Å². The van der Waals surface area contributed by atoms with Crippen molar-refractivity contribution < 1.29 is 9.68 Å². The maximum atomic E-state index is 9.35. The molecule has 0 aromatic heterocycles. The van der Waals surface area contributed by atoms with Crippen LogP contribution in [0.3, 0.4) is 0 Å². The van der Waals surface area contributed by atoms with Crippen LogP contribution in [0.5, 0.6) is 0 Å². The van der Waals surface area contributed by atoms with Gasteiger partial charge < -0.3 is 9.68 Å². The second kappa shape index (κ2) is 5.92. The molecule has 124 valence electrons. The molecular formula is C22H21BO2. The van der Waals surface area contributed by atoms with Crippen molar-refractivity contribution in [2.75, 3.05) is 0 Å². The average molecular weight is 328 g/mol. The zero-order valence-corrected chi connectivity index (χ0v) is 14.0. The fourth-order valence-electron chi connectivity index (χ4n) is 5.39. The molecule has 0 radical (unpaired) electrons. The summed E-state index contributed by atoms with van der Waals surface area (Å²) >= 11 is 0. The largest absolute Gasteiger partial charge is 0.539 e. The van der Waals surface area contributed by atoms with Gasteiger partial charge in [0, 0.05) is 5.56 Å². The molecule has 4 aliphatic carbocycles. The fraction of sp³-hybridized carbons (Fsp3) is 0.273. The van der Waals surface area contributed by atoms with E-state index in [1.165, 1.54) is 5.56 Å². The van der Waals surface area contributed by atoms with Gasteiger partial charge in [0.2, 0.25) is 0 Å². The second-order valence-electron chi connectivity index (χ2n) is 7.34. The predicted molar refractivity (Wildman–Crippen MR) is 102 cm³/mol. The van der Waals surface area contributed by atoms with E-state index in [9.17, 15) is 5.02 Å². The van der Waals surface area contributed by atoms with Crippen molar-refractivity contribution in [1.82, 2.24) is 0 Å². The lowest BCUT2D eigenvalue weighted by Gasteiger charge is -2.51. The van der Waals surface area contributed by atoms with Crippen molar-refractivity contribution in [3.05, 3.63) is 90.1 Å². The maximum absolute atomic E-state index is 9.35. The molecule has 2 nitrogen and oxygen atoms in total. The molecule has 5 rings (SSSR count). The minimum absolute atomic E-state index is 0.282. The van der Waals surface area contributed by atoms with E-state index < -0.39 is 0 Å². The fourth-order valence-corrected chi connectivity index (χ4v) is 5.39. The van der Waals surface area contributed by atoms with Gasteiger partial charge in [-0.15, -0.1) is 0 Å². The van der Waals surface area contributed by atoms with Crippen LogP contribution < -0.4 is 0 Å². The molecule has 4 aliphatic rings. The Labute approximate surface area is 149 Å². The zero-order valence-electron chi connectivity index (χ0n) is 14.0. The number of fused-ring (bicyclic) bond motifs is 8. The van der Waals surface area contributed by atoms with Crippen molar-refractivity contribution in [3.63, 3.8) is 0 Å². The Kier molecular flexibility index (Phi) is 3.56. The summed E-state index contributed by atoms with van der Waals surface area (Å²) in [6.07, 6.45) is 20.6. The lowest BCUT2D eigenvalue weighted by atomic mass is 9.52. The van der Waals surface area contributed by atoms with Crippen LogP contribution in [0.4, 0.5) is 0 Å².